The molecule has 0 aliphatic carbocycles. The summed E-state index contributed by atoms with van der Waals surface area (Å²) in [6.07, 6.45) is 0. The molecule has 1 atom stereocenters. The van der Waals surface area contributed by atoms with E-state index >= 15 is 0 Å². The van der Waals surface area contributed by atoms with Crippen molar-refractivity contribution in [2.24, 2.45) is 5.92 Å². The van der Waals surface area contributed by atoms with Crippen molar-refractivity contribution in [3.05, 3.63) is 0 Å². The van der Waals surface area contributed by atoms with E-state index in [4.69, 9.17) is 26.9 Å². The molecule has 0 spiro atoms. The van der Waals surface area contributed by atoms with Crippen LogP contribution >= 0.6 is 11.6 Å². The van der Waals surface area contributed by atoms with Crippen LogP contribution in [-0.2, 0) is 4.79 Å². The van der Waals surface area contributed by atoms with E-state index in [0.29, 0.717) is 0 Å². The van der Waals surface area contributed by atoms with Gasteiger partial charge in [-0.1, -0.05) is 6.92 Å². The highest BCUT2D eigenvalue weighted by molar-refractivity contribution is 6.19. The number of rotatable bonds is 6. The number of aliphatic hydroxyl groups is 3. The Kier molecular flexibility index (Phi) is 6.03. The van der Waals surface area contributed by atoms with Crippen molar-refractivity contribution in [2.75, 3.05) is 25.7 Å². The first-order valence-corrected chi connectivity index (χ1v) is 4.79. The second kappa shape index (κ2) is 6.19. The number of nitrogens with one attached hydrogen (secondary N) is 1. The summed E-state index contributed by atoms with van der Waals surface area (Å²) >= 11 is 5.46. The Bertz CT molecular complexity index is 176. The average molecular weight is 226 g/mol. The van der Waals surface area contributed by atoms with E-state index in [1.54, 1.807) is 6.92 Å². The third kappa shape index (κ3) is 3.42. The molecular formula is C8H16ClNO4. The molecule has 5 nitrogen and oxygen atoms in total. The summed E-state index contributed by atoms with van der Waals surface area (Å²) in [7, 11) is 0. The largest absolute Gasteiger partial charge is 0.394 e. The van der Waals surface area contributed by atoms with Gasteiger partial charge in [0.15, 0.2) is 0 Å². The first-order valence-electron chi connectivity index (χ1n) is 4.26. The smallest absolute Gasteiger partial charge is 0.224 e. The van der Waals surface area contributed by atoms with Gasteiger partial charge >= 0.3 is 0 Å². The fraction of sp³-hybridized carbons (Fsp3) is 0.875. The number of hydrogen-bond donors (Lipinski definition) is 4. The molecule has 0 rings (SSSR count). The first kappa shape index (κ1) is 13.6. The summed E-state index contributed by atoms with van der Waals surface area (Å²) in [5.41, 5.74) is -1.36. The van der Waals surface area contributed by atoms with Crippen LogP contribution in [0.5, 0.6) is 0 Å². The van der Waals surface area contributed by atoms with Gasteiger partial charge in [-0.25, -0.2) is 0 Å². The van der Waals surface area contributed by atoms with Gasteiger partial charge in [0.1, 0.15) is 5.54 Å². The topological polar surface area (TPSA) is 89.8 Å². The lowest BCUT2D eigenvalue weighted by molar-refractivity contribution is -0.128. The lowest BCUT2D eigenvalue weighted by Crippen LogP contribution is -2.58. The van der Waals surface area contributed by atoms with Crippen LogP contribution < -0.4 is 5.32 Å². The molecule has 1 unspecified atom stereocenters. The number of carbonyl (C=O) groups is 1. The van der Waals surface area contributed by atoms with Crippen LogP contribution in [0.1, 0.15) is 6.92 Å². The van der Waals surface area contributed by atoms with Gasteiger partial charge < -0.3 is 20.6 Å². The Morgan fingerprint density at radius 1 is 1.36 bits per heavy atom. The second-order valence-corrected chi connectivity index (χ2v) is 3.61. The van der Waals surface area contributed by atoms with Gasteiger partial charge in [-0.3, -0.25) is 4.79 Å². The lowest BCUT2D eigenvalue weighted by atomic mass is 10.0. The van der Waals surface area contributed by atoms with Gasteiger partial charge in [-0.05, 0) is 0 Å². The van der Waals surface area contributed by atoms with Crippen LogP contribution in [0.25, 0.3) is 0 Å². The van der Waals surface area contributed by atoms with Crippen molar-refractivity contribution in [2.45, 2.75) is 12.5 Å². The van der Waals surface area contributed by atoms with E-state index in [1.165, 1.54) is 0 Å². The standard InChI is InChI=1S/C8H16ClNO4/c1-6(2-9)7(14)10-8(3-11,4-12)5-13/h6,11-13H,2-5H2,1H3,(H,10,14). The number of carbonyl (C=O) groups excluding carboxylic acids is 1. The van der Waals surface area contributed by atoms with Crippen molar-refractivity contribution >= 4 is 17.5 Å². The van der Waals surface area contributed by atoms with E-state index < -0.39 is 37.2 Å². The highest BCUT2D eigenvalue weighted by atomic mass is 35.5. The molecule has 0 radical (unpaired) electrons. The zero-order chi connectivity index (χ0) is 11.2. The Morgan fingerprint density at radius 3 is 2.07 bits per heavy atom. The predicted octanol–water partition coefficient (Wildman–Crippen LogP) is -1.31. The van der Waals surface area contributed by atoms with Gasteiger partial charge in [0, 0.05) is 11.8 Å². The summed E-state index contributed by atoms with van der Waals surface area (Å²) in [5.74, 6) is -0.692. The van der Waals surface area contributed by atoms with Gasteiger partial charge in [0.2, 0.25) is 5.91 Å². The number of hydrogen-bond acceptors (Lipinski definition) is 4. The Balaban J connectivity index is 4.37. The van der Waals surface area contributed by atoms with Gasteiger partial charge in [-0.2, -0.15) is 0 Å². The van der Waals surface area contributed by atoms with Crippen LogP contribution in [0.3, 0.4) is 0 Å². The Hall–Kier alpha value is -0.360. The zero-order valence-corrected chi connectivity index (χ0v) is 8.79. The monoisotopic (exact) mass is 225 g/mol. The molecule has 0 saturated heterocycles. The molecule has 0 aromatic rings. The van der Waals surface area contributed by atoms with Crippen molar-refractivity contribution in [3.8, 4) is 0 Å². The quantitative estimate of drug-likeness (QED) is 0.423. The van der Waals surface area contributed by atoms with Crippen molar-refractivity contribution in [3.63, 3.8) is 0 Å². The van der Waals surface area contributed by atoms with Crippen LogP contribution in [0.4, 0.5) is 0 Å². The summed E-state index contributed by atoms with van der Waals surface area (Å²) in [5, 5.41) is 29.1. The maximum Gasteiger partial charge on any atom is 0.224 e. The number of aliphatic hydroxyl groups excluding tert-OH is 3. The number of alkyl halides is 1. The molecule has 84 valence electrons. The normalized spacial score (nSPS) is 13.8. The zero-order valence-electron chi connectivity index (χ0n) is 8.03. The predicted molar refractivity (Wildman–Crippen MR) is 52.0 cm³/mol. The molecule has 0 bridgehead atoms. The number of amides is 1. The molecule has 1 amide bonds. The fourth-order valence-electron chi connectivity index (χ4n) is 0.723. The molecule has 6 heteroatoms. The van der Waals surface area contributed by atoms with Crippen molar-refractivity contribution in [1.29, 1.82) is 0 Å². The van der Waals surface area contributed by atoms with Crippen molar-refractivity contribution in [1.82, 2.24) is 5.32 Å². The molecule has 4 N–H and O–H groups in total. The Morgan fingerprint density at radius 2 is 1.79 bits per heavy atom. The third-order valence-electron chi connectivity index (χ3n) is 1.98. The SMILES string of the molecule is CC(CCl)C(=O)NC(CO)(CO)CO. The van der Waals surface area contributed by atoms with E-state index in [0.717, 1.165) is 0 Å². The van der Waals surface area contributed by atoms with Gasteiger partial charge in [-0.15, -0.1) is 11.6 Å². The van der Waals surface area contributed by atoms with E-state index in [2.05, 4.69) is 5.32 Å². The second-order valence-electron chi connectivity index (χ2n) is 3.30. The van der Waals surface area contributed by atoms with Crippen LogP contribution in [0.15, 0.2) is 0 Å². The molecule has 14 heavy (non-hydrogen) atoms. The molecule has 0 aliphatic rings. The van der Waals surface area contributed by atoms with Gasteiger partial charge in [0.25, 0.3) is 0 Å². The van der Waals surface area contributed by atoms with E-state index in [-0.39, 0.29) is 5.88 Å². The van der Waals surface area contributed by atoms with E-state index in [1.807, 2.05) is 0 Å². The van der Waals surface area contributed by atoms with Crippen molar-refractivity contribution < 1.29 is 20.1 Å². The van der Waals surface area contributed by atoms with E-state index in [9.17, 15) is 4.79 Å². The molecule has 0 aromatic carbocycles. The minimum atomic E-state index is -1.36. The summed E-state index contributed by atoms with van der Waals surface area (Å²) in [6, 6.07) is 0. The highest BCUT2D eigenvalue weighted by Gasteiger charge is 2.31. The lowest BCUT2D eigenvalue weighted by Gasteiger charge is -2.29. The Labute approximate surface area is 87.7 Å². The molecular weight excluding hydrogens is 210 g/mol. The summed E-state index contributed by atoms with van der Waals surface area (Å²) < 4.78 is 0. The van der Waals surface area contributed by atoms with Gasteiger partial charge in [0.05, 0.1) is 19.8 Å². The first-order chi connectivity index (χ1) is 6.55. The van der Waals surface area contributed by atoms with Crippen LogP contribution in [0.2, 0.25) is 0 Å². The number of halogens is 1. The molecule has 0 aromatic heterocycles. The van der Waals surface area contributed by atoms with Crippen LogP contribution in [-0.4, -0.2) is 52.5 Å². The molecule has 0 heterocycles. The fourth-order valence-corrected chi connectivity index (χ4v) is 0.863. The summed E-state index contributed by atoms with van der Waals surface area (Å²) in [6.45, 7) is 0.0292. The maximum absolute atomic E-state index is 11.3. The highest BCUT2D eigenvalue weighted by Crippen LogP contribution is 2.05. The third-order valence-corrected chi connectivity index (χ3v) is 2.44. The summed E-state index contributed by atoms with van der Waals surface area (Å²) in [4.78, 5) is 11.3. The molecule has 0 fully saturated rings. The molecule has 0 saturated carbocycles. The van der Waals surface area contributed by atoms with Crippen LogP contribution in [0, 0.1) is 5.92 Å². The maximum atomic E-state index is 11.3. The minimum absolute atomic E-state index is 0.143. The molecule has 0 aliphatic heterocycles. The average Bonchev–Trinajstić information content (AvgIpc) is 2.24. The minimum Gasteiger partial charge on any atom is -0.394 e.